The number of fused-ring (bicyclic) bond motifs is 1. The van der Waals surface area contributed by atoms with Gasteiger partial charge in [-0.2, -0.15) is 11.3 Å². The van der Waals surface area contributed by atoms with E-state index in [1.165, 1.54) is 17.7 Å². The van der Waals surface area contributed by atoms with E-state index in [4.69, 9.17) is 0 Å². The summed E-state index contributed by atoms with van der Waals surface area (Å²) >= 11 is 1.30. The Morgan fingerprint density at radius 2 is 1.89 bits per heavy atom. The van der Waals surface area contributed by atoms with Crippen LogP contribution < -0.4 is 0 Å². The topological polar surface area (TPSA) is 25.8 Å². The van der Waals surface area contributed by atoms with Crippen molar-refractivity contribution in [3.63, 3.8) is 0 Å². The van der Waals surface area contributed by atoms with Gasteiger partial charge in [-0.15, -0.1) is 12.1 Å². The molecule has 0 fully saturated rings. The molecular weight excluding hydrogens is 453 g/mol. The Balaban J connectivity index is 0.00000133. The summed E-state index contributed by atoms with van der Waals surface area (Å²) in [6, 6.07) is 4.87. The van der Waals surface area contributed by atoms with Crippen LogP contribution >= 0.6 is 11.3 Å². The summed E-state index contributed by atoms with van der Waals surface area (Å²) in [7, 11) is 0. The molecule has 0 spiro atoms. The van der Waals surface area contributed by atoms with E-state index in [0.29, 0.717) is 10.2 Å². The van der Waals surface area contributed by atoms with Gasteiger partial charge in [0.2, 0.25) is 0 Å². The Hall–Kier alpha value is -1.30. The molecule has 0 saturated carbocycles. The third kappa shape index (κ3) is 2.29. The molecule has 99 valence electrons. The second-order valence-electron chi connectivity index (χ2n) is 3.50. The van der Waals surface area contributed by atoms with Crippen molar-refractivity contribution in [2.45, 2.75) is 0 Å². The van der Waals surface area contributed by atoms with Crippen molar-refractivity contribution in [1.29, 1.82) is 0 Å². The first-order valence-corrected chi connectivity index (χ1v) is 5.80. The first-order chi connectivity index (χ1) is 8.68. The van der Waals surface area contributed by atoms with Gasteiger partial charge in [-0.25, -0.2) is 9.37 Å². The fourth-order valence-corrected chi connectivity index (χ4v) is 2.46. The molecule has 0 saturated heterocycles. The van der Waals surface area contributed by atoms with Crippen LogP contribution in [0.1, 0.15) is 0 Å². The SMILES string of the molecule is Fc1c[c-]c(-c2ncnc3ccsc23)c(F)c1F.[Ir]. The molecule has 0 amide bonds. The number of hydrogen-bond acceptors (Lipinski definition) is 3. The summed E-state index contributed by atoms with van der Waals surface area (Å²) in [5.74, 6) is -4.08. The van der Waals surface area contributed by atoms with Crippen molar-refractivity contribution >= 4 is 21.6 Å². The Morgan fingerprint density at radius 1 is 1.11 bits per heavy atom. The van der Waals surface area contributed by atoms with Crippen LogP contribution in [0.2, 0.25) is 0 Å². The molecule has 1 aromatic carbocycles. The van der Waals surface area contributed by atoms with E-state index in [9.17, 15) is 13.2 Å². The molecule has 2 aromatic heterocycles. The van der Waals surface area contributed by atoms with Gasteiger partial charge >= 0.3 is 0 Å². The zero-order valence-corrected chi connectivity index (χ0v) is 12.3. The standard InChI is InChI=1S/C12H4F3N2S.Ir/c13-7-2-1-6(9(14)10(7)15)11-12-8(3-4-18-12)16-5-17-11;/h2-5H;/q-1;. The van der Waals surface area contributed by atoms with E-state index in [2.05, 4.69) is 16.0 Å². The maximum Gasteiger partial charge on any atom is 0.111 e. The molecule has 19 heavy (non-hydrogen) atoms. The molecule has 0 N–H and O–H groups in total. The Kier molecular flexibility index (Phi) is 3.99. The minimum absolute atomic E-state index is 0. The van der Waals surface area contributed by atoms with Gasteiger partial charge in [0.1, 0.15) is 12.1 Å². The first kappa shape index (κ1) is 14.1. The molecule has 7 heteroatoms. The number of nitrogens with zero attached hydrogens (tertiary/aromatic N) is 2. The number of aromatic nitrogens is 2. The molecule has 3 rings (SSSR count). The number of benzene rings is 1. The second kappa shape index (κ2) is 5.36. The summed E-state index contributed by atoms with van der Waals surface area (Å²) in [6.45, 7) is 0. The van der Waals surface area contributed by atoms with Gasteiger partial charge in [-0.1, -0.05) is 5.56 Å². The van der Waals surface area contributed by atoms with Crippen LogP contribution in [-0.4, -0.2) is 9.97 Å². The van der Waals surface area contributed by atoms with Gasteiger partial charge in [-0.05, 0) is 11.4 Å². The summed E-state index contributed by atoms with van der Waals surface area (Å²) < 4.78 is 40.3. The Bertz CT molecular complexity index is 745. The van der Waals surface area contributed by atoms with E-state index in [-0.39, 0.29) is 31.4 Å². The van der Waals surface area contributed by atoms with Crippen molar-refractivity contribution < 1.29 is 33.3 Å². The van der Waals surface area contributed by atoms with E-state index in [1.54, 1.807) is 11.4 Å². The number of rotatable bonds is 1. The van der Waals surface area contributed by atoms with Crippen molar-refractivity contribution in [2.75, 3.05) is 0 Å². The third-order valence-corrected chi connectivity index (χ3v) is 3.36. The van der Waals surface area contributed by atoms with Gasteiger partial charge < -0.3 is 0 Å². The van der Waals surface area contributed by atoms with Crippen LogP contribution in [0.25, 0.3) is 21.5 Å². The summed E-state index contributed by atoms with van der Waals surface area (Å²) in [5, 5.41) is 1.76. The molecule has 0 bridgehead atoms. The predicted molar refractivity (Wildman–Crippen MR) is 61.6 cm³/mol. The van der Waals surface area contributed by atoms with E-state index in [1.807, 2.05) is 0 Å². The van der Waals surface area contributed by atoms with Crippen LogP contribution in [0.15, 0.2) is 23.8 Å². The molecule has 1 radical (unpaired) electrons. The minimum atomic E-state index is -1.52. The quantitative estimate of drug-likeness (QED) is 0.413. The largest absolute Gasteiger partial charge is 0.284 e. The summed E-state index contributed by atoms with van der Waals surface area (Å²) in [4.78, 5) is 7.91. The van der Waals surface area contributed by atoms with Crippen molar-refractivity contribution in [2.24, 2.45) is 0 Å². The van der Waals surface area contributed by atoms with E-state index >= 15 is 0 Å². The van der Waals surface area contributed by atoms with E-state index in [0.717, 1.165) is 6.07 Å². The normalized spacial score (nSPS) is 10.5. The van der Waals surface area contributed by atoms with Gasteiger partial charge in [0, 0.05) is 30.5 Å². The smallest absolute Gasteiger partial charge is 0.111 e. The Morgan fingerprint density at radius 3 is 2.68 bits per heavy atom. The van der Waals surface area contributed by atoms with Crippen molar-refractivity contribution in [1.82, 2.24) is 9.97 Å². The molecule has 2 nitrogen and oxygen atoms in total. The summed E-state index contributed by atoms with van der Waals surface area (Å²) in [6.07, 6.45) is 1.25. The second-order valence-corrected chi connectivity index (χ2v) is 4.41. The van der Waals surface area contributed by atoms with Gasteiger partial charge in [-0.3, -0.25) is 13.8 Å². The average molecular weight is 457 g/mol. The molecule has 0 aliphatic rings. The zero-order chi connectivity index (χ0) is 12.7. The predicted octanol–water partition coefficient (Wildman–Crippen LogP) is 3.57. The maximum absolute atomic E-state index is 13.7. The Labute approximate surface area is 123 Å². The number of halogens is 3. The minimum Gasteiger partial charge on any atom is -0.284 e. The molecular formula is C12H4F3IrN2S-. The van der Waals surface area contributed by atoms with Gasteiger partial charge in [0.25, 0.3) is 0 Å². The molecule has 3 aromatic rings. The fraction of sp³-hybridized carbons (Fsp3) is 0. The van der Waals surface area contributed by atoms with Crippen LogP contribution in [0.3, 0.4) is 0 Å². The van der Waals surface area contributed by atoms with Crippen molar-refractivity contribution in [3.8, 4) is 11.3 Å². The van der Waals surface area contributed by atoms with Crippen LogP contribution in [0, 0.1) is 23.5 Å². The maximum atomic E-state index is 13.7. The molecule has 0 unspecified atom stereocenters. The molecule has 0 aliphatic heterocycles. The third-order valence-electron chi connectivity index (χ3n) is 2.45. The van der Waals surface area contributed by atoms with Crippen LogP contribution in [0.4, 0.5) is 13.2 Å². The molecule has 0 aliphatic carbocycles. The molecule has 0 atom stereocenters. The zero-order valence-electron chi connectivity index (χ0n) is 9.08. The number of thiophene rings is 1. The fourth-order valence-electron chi connectivity index (χ4n) is 1.62. The van der Waals surface area contributed by atoms with Gasteiger partial charge in [0.05, 0.1) is 17.2 Å². The van der Waals surface area contributed by atoms with Crippen molar-refractivity contribution in [3.05, 3.63) is 47.4 Å². The van der Waals surface area contributed by atoms with Crippen LogP contribution in [-0.2, 0) is 20.1 Å². The average Bonchev–Trinajstić information content (AvgIpc) is 2.84. The van der Waals surface area contributed by atoms with Crippen LogP contribution in [0.5, 0.6) is 0 Å². The monoisotopic (exact) mass is 458 g/mol. The van der Waals surface area contributed by atoms with E-state index < -0.39 is 17.5 Å². The van der Waals surface area contributed by atoms with Gasteiger partial charge in [0.15, 0.2) is 0 Å². The number of hydrogen-bond donors (Lipinski definition) is 0. The molecule has 2 heterocycles. The first-order valence-electron chi connectivity index (χ1n) is 4.92. The summed E-state index contributed by atoms with van der Waals surface area (Å²) in [5.41, 5.74) is 0.651.